The molecule has 7 nitrogen and oxygen atoms in total. The number of fused-ring (bicyclic) bond motifs is 1. The summed E-state index contributed by atoms with van der Waals surface area (Å²) in [7, 11) is 0. The fourth-order valence-corrected chi connectivity index (χ4v) is 3.67. The Labute approximate surface area is 158 Å². The van der Waals surface area contributed by atoms with Crippen LogP contribution in [0, 0.1) is 5.92 Å². The maximum Gasteiger partial charge on any atom is 0.228 e. The third-order valence-electron chi connectivity index (χ3n) is 5.16. The summed E-state index contributed by atoms with van der Waals surface area (Å²) in [5.41, 5.74) is 7.58. The first kappa shape index (κ1) is 18.8. The first-order valence-electron chi connectivity index (χ1n) is 8.73. The van der Waals surface area contributed by atoms with Crippen molar-refractivity contribution in [1.82, 2.24) is 14.9 Å². The Morgan fingerprint density at radius 1 is 1.38 bits per heavy atom. The van der Waals surface area contributed by atoms with Crippen molar-refractivity contribution >= 4 is 18.3 Å². The van der Waals surface area contributed by atoms with Gasteiger partial charge in [0, 0.05) is 37.3 Å². The molecule has 2 aromatic rings. The number of aliphatic hydroxyl groups is 1. The van der Waals surface area contributed by atoms with Gasteiger partial charge < -0.3 is 20.2 Å². The fraction of sp³-hybridized carbons (Fsp3) is 0.500. The van der Waals surface area contributed by atoms with Crippen molar-refractivity contribution in [3.63, 3.8) is 0 Å². The zero-order chi connectivity index (χ0) is 17.4. The Balaban J connectivity index is 0.00000196. The van der Waals surface area contributed by atoms with E-state index < -0.39 is 6.10 Å². The summed E-state index contributed by atoms with van der Waals surface area (Å²) in [5.74, 6) is 1.40. The van der Waals surface area contributed by atoms with Crippen LogP contribution in [0.5, 0.6) is 0 Å². The summed E-state index contributed by atoms with van der Waals surface area (Å²) in [6.07, 6.45) is 5.42. The van der Waals surface area contributed by atoms with E-state index >= 15 is 0 Å². The number of nitrogens with two attached hydrogens (primary N) is 1. The van der Waals surface area contributed by atoms with Gasteiger partial charge in [-0.2, -0.15) is 0 Å². The van der Waals surface area contributed by atoms with Gasteiger partial charge in [-0.1, -0.05) is 0 Å². The molecule has 0 radical (unpaired) electrons. The Morgan fingerprint density at radius 2 is 2.23 bits per heavy atom. The van der Waals surface area contributed by atoms with Crippen LogP contribution in [-0.4, -0.2) is 44.6 Å². The third-order valence-corrected chi connectivity index (χ3v) is 5.16. The lowest BCUT2D eigenvalue weighted by molar-refractivity contribution is -0.138. The van der Waals surface area contributed by atoms with Gasteiger partial charge in [-0.15, -0.1) is 12.4 Å². The predicted molar refractivity (Wildman–Crippen MR) is 97.4 cm³/mol. The Hall–Kier alpha value is -1.96. The number of rotatable bonds is 2. The number of carbonyl (C=O) groups excluding carboxylic acids is 1. The summed E-state index contributed by atoms with van der Waals surface area (Å²) in [5, 5.41) is 9.75. The lowest BCUT2D eigenvalue weighted by Gasteiger charge is -2.34. The van der Waals surface area contributed by atoms with Crippen LogP contribution in [0.15, 0.2) is 28.9 Å². The van der Waals surface area contributed by atoms with Crippen molar-refractivity contribution in [3.8, 4) is 11.5 Å². The SMILES string of the molecule is Cl.N[C@@H]1C[C@@H](C(=O)N2CCc3oc(-c4cccnc4)nc3C2)CC[C@H]1O. The minimum Gasteiger partial charge on any atom is -0.441 e. The van der Waals surface area contributed by atoms with Crippen molar-refractivity contribution in [2.75, 3.05) is 6.54 Å². The summed E-state index contributed by atoms with van der Waals surface area (Å²) in [4.78, 5) is 23.3. The molecule has 140 valence electrons. The highest BCUT2D eigenvalue weighted by Crippen LogP contribution is 2.29. The predicted octanol–water partition coefficient (Wildman–Crippen LogP) is 1.53. The highest BCUT2D eigenvalue weighted by atomic mass is 35.5. The summed E-state index contributed by atoms with van der Waals surface area (Å²) >= 11 is 0. The van der Waals surface area contributed by atoms with Gasteiger partial charge in [0.1, 0.15) is 11.5 Å². The van der Waals surface area contributed by atoms with Crippen molar-refractivity contribution in [2.45, 2.75) is 44.4 Å². The van der Waals surface area contributed by atoms with Crippen LogP contribution >= 0.6 is 12.4 Å². The molecule has 1 saturated carbocycles. The van der Waals surface area contributed by atoms with Gasteiger partial charge in [0.15, 0.2) is 0 Å². The first-order chi connectivity index (χ1) is 12.1. The van der Waals surface area contributed by atoms with Crippen molar-refractivity contribution in [2.24, 2.45) is 11.7 Å². The topological polar surface area (TPSA) is 105 Å². The number of halogens is 1. The molecule has 3 N–H and O–H groups in total. The van der Waals surface area contributed by atoms with E-state index in [1.165, 1.54) is 0 Å². The molecule has 26 heavy (non-hydrogen) atoms. The molecule has 0 spiro atoms. The van der Waals surface area contributed by atoms with Gasteiger partial charge in [-0.25, -0.2) is 4.98 Å². The van der Waals surface area contributed by atoms with Gasteiger partial charge in [0.2, 0.25) is 11.8 Å². The Morgan fingerprint density at radius 3 is 2.96 bits per heavy atom. The molecule has 0 bridgehead atoms. The molecule has 0 saturated heterocycles. The lowest BCUT2D eigenvalue weighted by atomic mass is 9.83. The molecule has 8 heteroatoms. The quantitative estimate of drug-likeness (QED) is 0.821. The maximum atomic E-state index is 12.8. The number of nitrogens with zero attached hydrogens (tertiary/aromatic N) is 3. The second kappa shape index (κ2) is 7.73. The van der Waals surface area contributed by atoms with Crippen molar-refractivity contribution in [1.29, 1.82) is 0 Å². The Kier molecular flexibility index (Phi) is 5.60. The zero-order valence-corrected chi connectivity index (χ0v) is 15.2. The highest BCUT2D eigenvalue weighted by Gasteiger charge is 2.35. The van der Waals surface area contributed by atoms with Crippen molar-refractivity contribution in [3.05, 3.63) is 36.0 Å². The number of carbonyl (C=O) groups is 1. The minimum atomic E-state index is -0.491. The molecule has 1 fully saturated rings. The number of amides is 1. The maximum absolute atomic E-state index is 12.8. The van der Waals surface area contributed by atoms with Gasteiger partial charge in [0.05, 0.1) is 18.2 Å². The molecule has 1 aliphatic heterocycles. The van der Waals surface area contributed by atoms with Crippen LogP contribution in [0.4, 0.5) is 0 Å². The van der Waals surface area contributed by atoms with E-state index in [4.69, 9.17) is 10.2 Å². The molecule has 0 unspecified atom stereocenters. The van der Waals surface area contributed by atoms with Gasteiger partial charge in [-0.3, -0.25) is 9.78 Å². The van der Waals surface area contributed by atoms with E-state index in [9.17, 15) is 9.90 Å². The molecule has 4 rings (SSSR count). The number of hydrogen-bond acceptors (Lipinski definition) is 6. The minimum absolute atomic E-state index is 0. The van der Waals surface area contributed by atoms with E-state index in [1.54, 1.807) is 12.4 Å². The van der Waals surface area contributed by atoms with Crippen LogP contribution in [0.3, 0.4) is 0 Å². The van der Waals surface area contributed by atoms with E-state index in [0.717, 1.165) is 17.0 Å². The molecule has 3 atom stereocenters. The molecule has 1 amide bonds. The molecule has 0 aromatic carbocycles. The molecular formula is C18H23ClN4O3. The fourth-order valence-electron chi connectivity index (χ4n) is 3.67. The first-order valence-corrected chi connectivity index (χ1v) is 8.73. The average molecular weight is 379 g/mol. The Bertz CT molecular complexity index is 767. The number of aromatic nitrogens is 2. The molecule has 1 aliphatic carbocycles. The zero-order valence-electron chi connectivity index (χ0n) is 14.4. The second-order valence-electron chi connectivity index (χ2n) is 6.88. The normalized spacial score (nSPS) is 25.3. The van der Waals surface area contributed by atoms with Crippen LogP contribution in [0.1, 0.15) is 30.7 Å². The van der Waals surface area contributed by atoms with Gasteiger partial charge >= 0.3 is 0 Å². The van der Waals surface area contributed by atoms with Crippen LogP contribution in [-0.2, 0) is 17.8 Å². The molecule has 2 aromatic heterocycles. The van der Waals surface area contributed by atoms with Crippen molar-refractivity contribution < 1.29 is 14.3 Å². The monoisotopic (exact) mass is 378 g/mol. The summed E-state index contributed by atoms with van der Waals surface area (Å²) in [6.45, 7) is 1.09. The van der Waals surface area contributed by atoms with Gasteiger partial charge in [0.25, 0.3) is 0 Å². The smallest absolute Gasteiger partial charge is 0.228 e. The second-order valence-corrected chi connectivity index (χ2v) is 6.88. The highest BCUT2D eigenvalue weighted by molar-refractivity contribution is 5.85. The van der Waals surface area contributed by atoms with E-state index in [0.29, 0.717) is 44.7 Å². The van der Waals surface area contributed by atoms with E-state index in [-0.39, 0.29) is 30.3 Å². The largest absolute Gasteiger partial charge is 0.441 e. The lowest BCUT2D eigenvalue weighted by Crippen LogP contribution is -2.47. The van der Waals surface area contributed by atoms with Gasteiger partial charge in [-0.05, 0) is 31.4 Å². The number of aliphatic hydroxyl groups excluding tert-OH is 1. The summed E-state index contributed by atoms with van der Waals surface area (Å²) < 4.78 is 5.85. The summed E-state index contributed by atoms with van der Waals surface area (Å²) in [6, 6.07) is 3.43. The molecular weight excluding hydrogens is 356 g/mol. The average Bonchev–Trinajstić information content (AvgIpc) is 3.07. The third kappa shape index (κ3) is 3.60. The number of pyridine rings is 1. The van der Waals surface area contributed by atoms with Crippen LogP contribution in [0.25, 0.3) is 11.5 Å². The van der Waals surface area contributed by atoms with E-state index in [2.05, 4.69) is 9.97 Å². The molecule has 2 aliphatic rings. The number of oxazole rings is 1. The van der Waals surface area contributed by atoms with E-state index in [1.807, 2.05) is 17.0 Å². The van der Waals surface area contributed by atoms with Crippen LogP contribution in [0.2, 0.25) is 0 Å². The number of hydrogen-bond donors (Lipinski definition) is 2. The van der Waals surface area contributed by atoms with Crippen LogP contribution < -0.4 is 5.73 Å². The standard InChI is InChI=1S/C18H22N4O3.ClH/c19-13-8-11(3-4-15(13)23)18(24)22-7-5-16-14(10-22)21-17(25-16)12-2-1-6-20-9-12;/h1-2,6,9,11,13,15,23H,3-5,7-8,10,19H2;1H/t11-,13+,15+;/m0./s1. The molecule has 3 heterocycles.